The molecular formula is C6H15IOS. The molecule has 1 nitrogen and oxygen atoms in total. The van der Waals surface area contributed by atoms with Gasteiger partial charge in [-0.3, -0.25) is 0 Å². The summed E-state index contributed by atoms with van der Waals surface area (Å²) in [7, 11) is 0.558. The third-order valence-electron chi connectivity index (χ3n) is 0.840. The maximum atomic E-state index is 5.15. The first-order chi connectivity index (χ1) is 3.77. The van der Waals surface area contributed by atoms with Crippen LogP contribution in [0.15, 0.2) is 0 Å². The van der Waals surface area contributed by atoms with Gasteiger partial charge in [0.05, 0.1) is 19.1 Å². The molecule has 0 unspecified atom stereocenters. The van der Waals surface area contributed by atoms with Crippen molar-refractivity contribution in [1.29, 1.82) is 0 Å². The molecule has 0 aliphatic rings. The molecule has 0 aliphatic heterocycles. The molecule has 0 spiro atoms. The molecule has 58 valence electrons. The van der Waals surface area contributed by atoms with E-state index in [4.69, 9.17) is 4.74 Å². The van der Waals surface area contributed by atoms with Gasteiger partial charge in [-0.15, -0.1) is 0 Å². The molecule has 9 heavy (non-hydrogen) atoms. The minimum atomic E-state index is 0. The Bertz CT molecular complexity index is 50.3. The molecule has 0 fully saturated rings. The van der Waals surface area contributed by atoms with Crippen LogP contribution in [-0.4, -0.2) is 31.5 Å². The van der Waals surface area contributed by atoms with Crippen LogP contribution < -0.4 is 24.0 Å². The van der Waals surface area contributed by atoms with Crippen molar-refractivity contribution in [2.24, 2.45) is 0 Å². The Labute approximate surface area is 77.9 Å². The zero-order valence-corrected chi connectivity index (χ0v) is 9.29. The Morgan fingerprint density at radius 3 is 2.22 bits per heavy atom. The second kappa shape index (κ2) is 9.04. The largest absolute Gasteiger partial charge is 1.00 e. The predicted molar refractivity (Wildman–Crippen MR) is 40.6 cm³/mol. The molecule has 0 saturated heterocycles. The van der Waals surface area contributed by atoms with E-state index in [2.05, 4.69) is 12.5 Å². The van der Waals surface area contributed by atoms with Crippen molar-refractivity contribution in [1.82, 2.24) is 0 Å². The van der Waals surface area contributed by atoms with E-state index in [-0.39, 0.29) is 24.0 Å². The highest BCUT2D eigenvalue weighted by Gasteiger charge is 1.98. The minimum Gasteiger partial charge on any atom is -1.00 e. The fourth-order valence-electron chi connectivity index (χ4n) is 0.370. The summed E-state index contributed by atoms with van der Waals surface area (Å²) < 4.78 is 5.15. The summed E-state index contributed by atoms with van der Waals surface area (Å²) in [6, 6.07) is 0. The van der Waals surface area contributed by atoms with Gasteiger partial charge in [0.15, 0.2) is 0 Å². The van der Waals surface area contributed by atoms with Crippen LogP contribution in [0.1, 0.15) is 6.92 Å². The highest BCUT2D eigenvalue weighted by atomic mass is 127. The van der Waals surface area contributed by atoms with E-state index in [1.165, 1.54) is 5.75 Å². The first-order valence-electron chi connectivity index (χ1n) is 2.89. The average Bonchev–Trinajstić information content (AvgIpc) is 1.66. The van der Waals surface area contributed by atoms with Crippen LogP contribution in [0, 0.1) is 0 Å². The standard InChI is InChI=1S/C6H15OS.HI/c1-4-7-5-6-8(2)3;/h4-6H2,1-3H3;1H/q+1;/p-1. The van der Waals surface area contributed by atoms with Crippen LogP contribution in [0.3, 0.4) is 0 Å². The molecular weight excluding hydrogens is 247 g/mol. The van der Waals surface area contributed by atoms with E-state index in [1.54, 1.807) is 0 Å². The van der Waals surface area contributed by atoms with Crippen molar-refractivity contribution in [2.75, 3.05) is 31.5 Å². The Morgan fingerprint density at radius 2 is 1.89 bits per heavy atom. The Kier molecular flexibility index (Phi) is 12.7. The molecule has 0 rings (SSSR count). The molecule has 0 aromatic heterocycles. The third-order valence-corrected chi connectivity index (χ3v) is 1.82. The van der Waals surface area contributed by atoms with Crippen molar-refractivity contribution in [3.8, 4) is 0 Å². The summed E-state index contributed by atoms with van der Waals surface area (Å²) in [4.78, 5) is 0. The number of rotatable bonds is 4. The maximum Gasteiger partial charge on any atom is 0.130 e. The van der Waals surface area contributed by atoms with Gasteiger partial charge in [0, 0.05) is 6.61 Å². The number of hydrogen-bond donors (Lipinski definition) is 0. The molecule has 0 N–H and O–H groups in total. The molecule has 0 saturated carbocycles. The summed E-state index contributed by atoms with van der Waals surface area (Å²) >= 11 is 0. The van der Waals surface area contributed by atoms with Crippen molar-refractivity contribution >= 4 is 10.9 Å². The quantitative estimate of drug-likeness (QED) is 0.320. The van der Waals surface area contributed by atoms with Gasteiger partial charge in [-0.05, 0) is 17.8 Å². The summed E-state index contributed by atoms with van der Waals surface area (Å²) in [5.74, 6) is 1.22. The van der Waals surface area contributed by atoms with E-state index in [0.29, 0.717) is 10.9 Å². The van der Waals surface area contributed by atoms with Gasteiger partial charge in [-0.1, -0.05) is 0 Å². The van der Waals surface area contributed by atoms with Crippen LogP contribution in [-0.2, 0) is 15.6 Å². The molecule has 0 atom stereocenters. The fourth-order valence-corrected chi connectivity index (χ4v) is 0.821. The lowest BCUT2D eigenvalue weighted by atomic mass is 10.8. The van der Waals surface area contributed by atoms with Gasteiger partial charge in [0.1, 0.15) is 5.75 Å². The third kappa shape index (κ3) is 12.3. The van der Waals surface area contributed by atoms with Crippen LogP contribution in [0.5, 0.6) is 0 Å². The summed E-state index contributed by atoms with van der Waals surface area (Å²) in [6.07, 6.45) is 4.47. The zero-order chi connectivity index (χ0) is 6.41. The van der Waals surface area contributed by atoms with E-state index >= 15 is 0 Å². The molecule has 0 aromatic rings. The van der Waals surface area contributed by atoms with E-state index in [0.717, 1.165) is 13.2 Å². The van der Waals surface area contributed by atoms with E-state index in [1.807, 2.05) is 6.92 Å². The second-order valence-electron chi connectivity index (χ2n) is 1.89. The van der Waals surface area contributed by atoms with Gasteiger partial charge in [0.2, 0.25) is 0 Å². The molecule has 0 radical (unpaired) electrons. The average molecular weight is 262 g/mol. The molecule has 0 bridgehead atoms. The molecule has 0 aliphatic carbocycles. The van der Waals surface area contributed by atoms with Crippen LogP contribution in [0.2, 0.25) is 0 Å². The topological polar surface area (TPSA) is 9.23 Å². The Hall–Kier alpha value is 1.04. The van der Waals surface area contributed by atoms with Crippen LogP contribution >= 0.6 is 0 Å². The predicted octanol–water partition coefficient (Wildman–Crippen LogP) is -2.10. The first kappa shape index (κ1) is 12.7. The number of hydrogen-bond acceptors (Lipinski definition) is 1. The summed E-state index contributed by atoms with van der Waals surface area (Å²) in [5, 5.41) is 0. The Balaban J connectivity index is 0. The molecule has 0 aromatic carbocycles. The van der Waals surface area contributed by atoms with Crippen molar-refractivity contribution in [2.45, 2.75) is 6.92 Å². The van der Waals surface area contributed by atoms with Gasteiger partial charge in [-0.25, -0.2) is 0 Å². The highest BCUT2D eigenvalue weighted by molar-refractivity contribution is 7.95. The van der Waals surface area contributed by atoms with Crippen LogP contribution in [0.4, 0.5) is 0 Å². The number of halogens is 1. The molecule has 0 heterocycles. The summed E-state index contributed by atoms with van der Waals surface area (Å²) in [5.41, 5.74) is 0. The summed E-state index contributed by atoms with van der Waals surface area (Å²) in [6.45, 7) is 3.83. The lowest BCUT2D eigenvalue weighted by Gasteiger charge is -1.96. The monoisotopic (exact) mass is 262 g/mol. The van der Waals surface area contributed by atoms with Crippen molar-refractivity contribution in [3.05, 3.63) is 0 Å². The van der Waals surface area contributed by atoms with Crippen molar-refractivity contribution in [3.63, 3.8) is 0 Å². The fraction of sp³-hybridized carbons (Fsp3) is 1.00. The lowest BCUT2D eigenvalue weighted by Crippen LogP contribution is -3.00. The van der Waals surface area contributed by atoms with Gasteiger partial charge >= 0.3 is 0 Å². The minimum absolute atomic E-state index is 0. The molecule has 3 heteroatoms. The lowest BCUT2D eigenvalue weighted by molar-refractivity contribution is -0.00000277. The van der Waals surface area contributed by atoms with E-state index in [9.17, 15) is 0 Å². The van der Waals surface area contributed by atoms with E-state index < -0.39 is 0 Å². The maximum absolute atomic E-state index is 5.15. The zero-order valence-electron chi connectivity index (χ0n) is 6.32. The second-order valence-corrected chi connectivity index (χ2v) is 4.27. The van der Waals surface area contributed by atoms with Crippen LogP contribution in [0.25, 0.3) is 0 Å². The highest BCUT2D eigenvalue weighted by Crippen LogP contribution is 1.83. The normalized spacial score (nSPS) is 9.33. The van der Waals surface area contributed by atoms with Gasteiger partial charge in [0.25, 0.3) is 0 Å². The van der Waals surface area contributed by atoms with Crippen molar-refractivity contribution < 1.29 is 28.7 Å². The van der Waals surface area contributed by atoms with Gasteiger partial charge < -0.3 is 28.7 Å². The SMILES string of the molecule is CCOCC[S+](C)C.[I-]. The van der Waals surface area contributed by atoms with Gasteiger partial charge in [-0.2, -0.15) is 0 Å². The Morgan fingerprint density at radius 1 is 1.33 bits per heavy atom. The first-order valence-corrected chi connectivity index (χ1v) is 5.10. The molecule has 0 amide bonds. The number of ether oxygens (including phenoxy) is 1. The smallest absolute Gasteiger partial charge is 0.130 e.